The van der Waals surface area contributed by atoms with Gasteiger partial charge in [0, 0.05) is 58.0 Å². The SMILES string of the molecule is CC(C)Cc1cc(-c2[c-]ccc(-c3ccccc3)c2)ncc1[Si](C)(C)c1ccccc1.CC(C)Cc1cc(-c2[c-]cccc2)nc[c]1[Ge]([CH3])([CH3])[c]1ccccc1.CC(C)Cc1cc(-c2[c-]cccc2)nc[c]1[Ge]([CH3])([CH3])[c]1ccccc1.C[Si](C)(c1ccccc1)c1ccc(-c2[c-]cc3oc4ccccc4c3c2)nc1.[Ir].[Ir]. The summed E-state index contributed by atoms with van der Waals surface area (Å²) in [5.41, 5.74) is 16.7. The van der Waals surface area contributed by atoms with Crippen LogP contribution in [0.4, 0.5) is 0 Å². The summed E-state index contributed by atoms with van der Waals surface area (Å²) < 4.78 is 11.9. The Balaban J connectivity index is 0.000000157. The van der Waals surface area contributed by atoms with Crippen molar-refractivity contribution in [3.8, 4) is 56.2 Å². The van der Waals surface area contributed by atoms with Crippen molar-refractivity contribution in [2.24, 2.45) is 17.8 Å². The fourth-order valence-corrected chi connectivity index (χ4v) is 31.1. The molecule has 0 aliphatic heterocycles. The van der Waals surface area contributed by atoms with Gasteiger partial charge in [-0.3, -0.25) is 0 Å². The number of para-hydroxylation sites is 1. The van der Waals surface area contributed by atoms with Gasteiger partial charge >= 0.3 is 309 Å². The first-order chi connectivity index (χ1) is 52.5. The maximum atomic E-state index is 5.91. The first kappa shape index (κ1) is 84.9. The molecule has 10 aromatic carbocycles. The van der Waals surface area contributed by atoms with Gasteiger partial charge in [0.25, 0.3) is 0 Å². The predicted molar refractivity (Wildman–Crippen MR) is 475 cm³/mol. The second kappa shape index (κ2) is 38.8. The van der Waals surface area contributed by atoms with Crippen molar-refractivity contribution >= 4 is 103 Å². The van der Waals surface area contributed by atoms with Crippen LogP contribution in [0.5, 0.6) is 0 Å². The second-order valence-corrected chi connectivity index (χ2v) is 59.1. The van der Waals surface area contributed by atoms with Crippen LogP contribution < -0.4 is 38.3 Å². The molecular formula is C100H102Ge2Ir2N4OSi2-4. The summed E-state index contributed by atoms with van der Waals surface area (Å²) in [5.74, 6) is 11.8. The van der Waals surface area contributed by atoms with Crippen LogP contribution in [0.15, 0.2) is 314 Å². The zero-order chi connectivity index (χ0) is 76.7. The van der Waals surface area contributed by atoms with Gasteiger partial charge < -0.3 is 14.4 Å². The zero-order valence-corrected chi connectivity index (χ0v) is 77.6. The summed E-state index contributed by atoms with van der Waals surface area (Å²) in [4.78, 5) is 19.4. The average Bonchev–Trinajstić information content (AvgIpc) is 1.67. The number of benzene rings is 10. The van der Waals surface area contributed by atoms with E-state index in [1.54, 1.807) is 0 Å². The maximum Gasteiger partial charge on any atom is 0.120 e. The molecule has 11 heteroatoms. The number of rotatable bonds is 19. The number of aromatic nitrogens is 4. The first-order valence-electron chi connectivity index (χ1n) is 38.6. The molecule has 0 saturated carbocycles. The molecule has 111 heavy (non-hydrogen) atoms. The third kappa shape index (κ3) is 21.0. The summed E-state index contributed by atoms with van der Waals surface area (Å²) in [7, 11) is -3.56. The molecule has 0 atom stereocenters. The van der Waals surface area contributed by atoms with E-state index in [1.165, 1.54) is 66.1 Å². The Hall–Kier alpha value is -8.58. The molecule has 5 heterocycles. The van der Waals surface area contributed by atoms with Crippen LogP contribution in [0.2, 0.25) is 49.2 Å². The van der Waals surface area contributed by atoms with Crippen LogP contribution in [0.3, 0.4) is 0 Å². The molecule has 5 nitrogen and oxygen atoms in total. The van der Waals surface area contributed by atoms with E-state index < -0.39 is 42.7 Å². The quantitative estimate of drug-likeness (QED) is 0.0596. The minimum atomic E-state index is -2.36. The second-order valence-electron chi connectivity index (χ2n) is 32.0. The van der Waals surface area contributed by atoms with Crippen molar-refractivity contribution in [1.82, 2.24) is 19.9 Å². The topological polar surface area (TPSA) is 64.7 Å². The Bertz CT molecular complexity index is 5290. The molecule has 2 radical (unpaired) electrons. The molecule has 0 N–H and O–H groups in total. The molecule has 0 saturated heterocycles. The van der Waals surface area contributed by atoms with Crippen LogP contribution in [0.1, 0.15) is 58.2 Å². The van der Waals surface area contributed by atoms with Crippen molar-refractivity contribution in [2.75, 3.05) is 0 Å². The fourth-order valence-electron chi connectivity index (χ4n) is 14.8. The molecule has 5 aromatic heterocycles. The first-order valence-corrected chi connectivity index (χ1v) is 57.1. The average molecular weight is 1960 g/mol. The summed E-state index contributed by atoms with van der Waals surface area (Å²) in [6.45, 7) is 23.4. The summed E-state index contributed by atoms with van der Waals surface area (Å²) in [6, 6.07) is 114. The van der Waals surface area contributed by atoms with Crippen molar-refractivity contribution in [3.05, 3.63) is 351 Å². The molecule has 0 bridgehead atoms. The molecule has 15 aromatic rings. The summed E-state index contributed by atoms with van der Waals surface area (Å²) in [6.07, 6.45) is 11.8. The minimum absolute atomic E-state index is 0. The zero-order valence-electron chi connectivity index (χ0n) is 66.7. The Labute approximate surface area is 695 Å². The molecule has 0 aliphatic carbocycles. The number of furan rings is 1. The van der Waals surface area contributed by atoms with E-state index in [0.717, 1.165) is 86.2 Å². The normalized spacial score (nSPS) is 11.5. The van der Waals surface area contributed by atoms with E-state index in [0.29, 0.717) is 17.8 Å². The Morgan fingerprint density at radius 1 is 0.333 bits per heavy atom. The van der Waals surface area contributed by atoms with Crippen LogP contribution in [-0.4, -0.2) is 62.6 Å². The third-order valence-corrected chi connectivity index (χ3v) is 43.2. The molecule has 566 valence electrons. The van der Waals surface area contributed by atoms with Gasteiger partial charge in [0.05, 0.1) is 5.58 Å². The van der Waals surface area contributed by atoms with Crippen molar-refractivity contribution in [1.29, 1.82) is 0 Å². The third-order valence-electron chi connectivity index (χ3n) is 21.1. The van der Waals surface area contributed by atoms with Crippen molar-refractivity contribution < 1.29 is 44.6 Å². The maximum absolute atomic E-state index is 5.91. The van der Waals surface area contributed by atoms with Gasteiger partial charge in [0.15, 0.2) is 0 Å². The van der Waals surface area contributed by atoms with Crippen molar-refractivity contribution in [2.45, 2.75) is 110 Å². The number of hydrogen-bond acceptors (Lipinski definition) is 5. The van der Waals surface area contributed by atoms with Crippen LogP contribution in [-0.2, 0) is 59.5 Å². The van der Waals surface area contributed by atoms with Gasteiger partial charge in [-0.25, -0.2) is 0 Å². The number of pyridine rings is 4. The van der Waals surface area contributed by atoms with Gasteiger partial charge in [0.2, 0.25) is 0 Å². The molecule has 0 fully saturated rings. The molecular weight excluding hydrogens is 1860 g/mol. The largest absolute Gasteiger partial charge is 0.500 e. The van der Waals surface area contributed by atoms with Crippen LogP contribution in [0, 0.1) is 42.0 Å². The number of fused-ring (bicyclic) bond motifs is 3. The van der Waals surface area contributed by atoms with E-state index in [2.05, 4.69) is 364 Å². The van der Waals surface area contributed by atoms with Gasteiger partial charge in [-0.1, -0.05) is 189 Å². The van der Waals surface area contributed by atoms with Gasteiger partial charge in [0.1, 0.15) is 21.7 Å². The molecule has 0 unspecified atom stereocenters. The molecule has 0 amide bonds. The Morgan fingerprint density at radius 3 is 1.25 bits per heavy atom. The van der Waals surface area contributed by atoms with E-state index in [4.69, 9.17) is 24.4 Å². The summed E-state index contributed by atoms with van der Waals surface area (Å²) >= 11 is -4.71. The van der Waals surface area contributed by atoms with E-state index in [9.17, 15) is 0 Å². The molecule has 0 spiro atoms. The van der Waals surface area contributed by atoms with Crippen LogP contribution >= 0.6 is 0 Å². The smallest absolute Gasteiger partial charge is 0.120 e. The van der Waals surface area contributed by atoms with Gasteiger partial charge in [-0.2, -0.15) is 0 Å². The summed E-state index contributed by atoms with van der Waals surface area (Å²) in [5, 5.41) is 7.87. The number of hydrogen-bond donors (Lipinski definition) is 0. The Morgan fingerprint density at radius 2 is 0.757 bits per heavy atom. The van der Waals surface area contributed by atoms with E-state index in [1.807, 2.05) is 60.8 Å². The van der Waals surface area contributed by atoms with E-state index in [-0.39, 0.29) is 40.2 Å². The van der Waals surface area contributed by atoms with Gasteiger partial charge in [-0.05, 0) is 45.7 Å². The molecule has 0 aliphatic rings. The molecule has 15 rings (SSSR count). The number of nitrogens with zero attached hydrogens (tertiary/aromatic N) is 4. The van der Waals surface area contributed by atoms with Gasteiger partial charge in [-0.15, -0.1) is 59.2 Å². The van der Waals surface area contributed by atoms with Crippen LogP contribution in [0.25, 0.3) is 78.1 Å². The predicted octanol–water partition coefficient (Wildman–Crippen LogP) is 20.6. The monoisotopic (exact) mass is 1960 g/mol. The van der Waals surface area contributed by atoms with Crippen molar-refractivity contribution in [3.63, 3.8) is 0 Å². The Kier molecular flexibility index (Phi) is 29.6. The standard InChI is InChI=1S/C29H30NSi.C25H20NOSi.2C23H26GeN.2Ir/c1-22(2)18-26-20-28(25-15-11-14-24(19-25)23-12-7-5-8-13-23)30-21-29(26)31(3,4)27-16-9-6-10-17-27;1-28(2,19-8-4-3-5-9-19)20-13-14-23(26-17-20)18-12-15-25-22(16-18)21-10-6-7-11-24(21)27-25;2*1-18(2)15-20-16-23(19-11-7-5-8-12-19)25-17-22(20)24(3,4)21-13-9-6-10-14-21;;/h5-14,16-17,19-22H,18H2,1-4H3;3-11,13-17H,1-2H3;2*5-11,13-14,16-18H,15H2,1-4H3;;/q4*-1;;. The van der Waals surface area contributed by atoms with E-state index >= 15 is 0 Å². The fraction of sp³-hybridized carbons (Fsp3) is 0.200. The minimum Gasteiger partial charge on any atom is -0.500 e.